The van der Waals surface area contributed by atoms with Crippen LogP contribution in [0, 0.1) is 29.5 Å². The lowest BCUT2D eigenvalue weighted by molar-refractivity contribution is -0.139. The van der Waals surface area contributed by atoms with E-state index in [0.717, 1.165) is 11.8 Å². The molecule has 1 aliphatic carbocycles. The summed E-state index contributed by atoms with van der Waals surface area (Å²) in [4.78, 5) is 59.6. The number of rotatable bonds is 16. The fourth-order valence-electron chi connectivity index (χ4n) is 7.66. The number of para-hydroxylation sites is 2. The summed E-state index contributed by atoms with van der Waals surface area (Å²) in [6, 6.07) is 19.0. The quantitative estimate of drug-likeness (QED) is 0.0786. The second kappa shape index (κ2) is 17.2. The first-order valence-corrected chi connectivity index (χ1v) is 19.0. The number of ketones is 2. The van der Waals surface area contributed by atoms with E-state index in [1.54, 1.807) is 24.2 Å². The lowest BCUT2D eigenvalue weighted by Crippen LogP contribution is -2.60. The number of carbonyl (C=O) groups excluding carboxylic acids is 4. The number of hydrogen-bond donors (Lipinski definition) is 3. The minimum atomic E-state index is -4.63. The van der Waals surface area contributed by atoms with Gasteiger partial charge in [-0.2, -0.15) is 13.2 Å². The number of benzene rings is 3. The average molecular weight is 763 g/mol. The second-order valence-electron chi connectivity index (χ2n) is 15.0. The molecule has 0 spiro atoms. The van der Waals surface area contributed by atoms with E-state index in [2.05, 4.69) is 15.7 Å². The van der Waals surface area contributed by atoms with Crippen LogP contribution in [-0.2, 0) is 44.6 Å². The van der Waals surface area contributed by atoms with Crippen molar-refractivity contribution in [2.45, 2.75) is 90.8 Å². The Bertz CT molecular complexity index is 2010. The molecule has 3 aromatic carbocycles. The maximum Gasteiger partial charge on any atom is 0.418 e. The topological polar surface area (TPSA) is 111 Å². The fraction of sp³-hybridized carbons (Fsp3) is 0.442. The van der Waals surface area contributed by atoms with Crippen LogP contribution < -0.4 is 15.8 Å². The number of halogens is 4. The molecule has 0 radical (unpaired) electrons. The molecule has 5 rings (SSSR count). The molecule has 4 aromatic rings. The van der Waals surface area contributed by atoms with E-state index in [9.17, 15) is 36.7 Å². The van der Waals surface area contributed by atoms with Crippen LogP contribution >= 0.6 is 0 Å². The minimum absolute atomic E-state index is 0.0634. The molecule has 1 aliphatic rings. The van der Waals surface area contributed by atoms with Gasteiger partial charge in [0.25, 0.3) is 0 Å². The number of aromatic nitrogens is 1. The van der Waals surface area contributed by atoms with Crippen LogP contribution in [0.2, 0.25) is 0 Å². The SMILES string of the molecule is CCC(C)[C@H](CC(=O)[C@@]1(NC(=O)[C@@H](CC(=O)Cc2ccccc2F)C(C)CC)CCc2[nH]c3c(C(F)(F)F)cccc3c2C1)C(=O)NN(C)c1ccccc1. The summed E-state index contributed by atoms with van der Waals surface area (Å²) < 4.78 is 56.8. The van der Waals surface area contributed by atoms with Crippen molar-refractivity contribution in [1.29, 1.82) is 0 Å². The average Bonchev–Trinajstić information content (AvgIpc) is 3.53. The van der Waals surface area contributed by atoms with E-state index in [4.69, 9.17) is 0 Å². The number of nitrogens with zero attached hydrogens (tertiary/aromatic N) is 1. The standard InChI is InChI=1S/C43H50F4N4O4/c1-6-26(3)32(23-30(52)22-28-14-11-12-19-36(28)44)40(54)49-42(21-20-37-34(25-42)31-17-13-18-35(39(31)48-37)43(45,46)47)38(53)24-33(27(4)7-2)41(55)50-51(5)29-15-9-8-10-16-29/h8-19,26-27,32-33,48H,6-7,20-25H2,1-5H3,(H,49,54)(H,50,55)/t26?,27?,32-,33-,42+/m0/s1. The zero-order chi connectivity index (χ0) is 40.1. The number of aromatic amines is 1. The lowest BCUT2D eigenvalue weighted by atomic mass is 9.72. The molecule has 0 saturated carbocycles. The van der Waals surface area contributed by atoms with Crippen LogP contribution in [0.3, 0.4) is 0 Å². The predicted molar refractivity (Wildman–Crippen MR) is 204 cm³/mol. The van der Waals surface area contributed by atoms with Crippen LogP contribution in [0.5, 0.6) is 0 Å². The van der Waals surface area contributed by atoms with Crippen molar-refractivity contribution in [2.75, 3.05) is 12.1 Å². The smallest absolute Gasteiger partial charge is 0.358 e. The molecule has 1 heterocycles. The van der Waals surface area contributed by atoms with E-state index < -0.39 is 46.6 Å². The van der Waals surface area contributed by atoms with Gasteiger partial charge in [0.05, 0.1) is 16.8 Å². The van der Waals surface area contributed by atoms with Crippen LogP contribution in [0.25, 0.3) is 10.9 Å². The van der Waals surface area contributed by atoms with Gasteiger partial charge >= 0.3 is 6.18 Å². The highest BCUT2D eigenvalue weighted by Gasteiger charge is 2.47. The number of hydrazine groups is 1. The van der Waals surface area contributed by atoms with Crippen molar-refractivity contribution in [1.82, 2.24) is 15.7 Å². The van der Waals surface area contributed by atoms with Gasteiger partial charge in [-0.15, -0.1) is 0 Å². The molecule has 294 valence electrons. The minimum Gasteiger partial charge on any atom is -0.358 e. The van der Waals surface area contributed by atoms with E-state index in [-0.39, 0.29) is 73.1 Å². The Hall–Kier alpha value is -5.00. The Morgan fingerprint density at radius 1 is 0.855 bits per heavy atom. The molecular weight excluding hydrogens is 712 g/mol. The number of anilines is 1. The van der Waals surface area contributed by atoms with Gasteiger partial charge in [-0.05, 0) is 60.1 Å². The van der Waals surface area contributed by atoms with Gasteiger partial charge in [-0.1, -0.05) is 89.1 Å². The molecule has 0 saturated heterocycles. The molecule has 8 nitrogen and oxygen atoms in total. The monoisotopic (exact) mass is 762 g/mol. The Labute approximate surface area is 319 Å². The Balaban J connectivity index is 1.50. The molecule has 1 aromatic heterocycles. The summed E-state index contributed by atoms with van der Waals surface area (Å²) in [5, 5.41) is 4.92. The van der Waals surface area contributed by atoms with E-state index in [1.165, 1.54) is 24.3 Å². The van der Waals surface area contributed by atoms with Crippen molar-refractivity contribution < 1.29 is 36.7 Å². The molecule has 3 N–H and O–H groups in total. The van der Waals surface area contributed by atoms with Gasteiger partial charge in [0.15, 0.2) is 5.78 Å². The number of nitrogens with one attached hydrogen (secondary N) is 3. The summed E-state index contributed by atoms with van der Waals surface area (Å²) in [7, 11) is 1.70. The van der Waals surface area contributed by atoms with Crippen molar-refractivity contribution >= 4 is 40.0 Å². The molecule has 0 bridgehead atoms. The lowest BCUT2D eigenvalue weighted by Gasteiger charge is -2.39. The Morgan fingerprint density at radius 3 is 2.13 bits per heavy atom. The predicted octanol–water partition coefficient (Wildman–Crippen LogP) is 8.32. The van der Waals surface area contributed by atoms with Gasteiger partial charge < -0.3 is 10.3 Å². The third kappa shape index (κ3) is 9.28. The number of fused-ring (bicyclic) bond motifs is 3. The molecular formula is C43H50F4N4O4. The number of carbonyl (C=O) groups is 4. The van der Waals surface area contributed by atoms with E-state index in [1.807, 2.05) is 58.0 Å². The molecule has 5 atom stereocenters. The molecule has 55 heavy (non-hydrogen) atoms. The van der Waals surface area contributed by atoms with Crippen molar-refractivity contribution in [2.24, 2.45) is 23.7 Å². The van der Waals surface area contributed by atoms with Gasteiger partial charge in [-0.25, -0.2) is 4.39 Å². The fourth-order valence-corrected chi connectivity index (χ4v) is 7.66. The largest absolute Gasteiger partial charge is 0.418 e. The number of alkyl halides is 3. The van der Waals surface area contributed by atoms with Crippen LogP contribution in [0.15, 0.2) is 72.8 Å². The van der Waals surface area contributed by atoms with Crippen molar-refractivity contribution in [3.63, 3.8) is 0 Å². The Morgan fingerprint density at radius 2 is 1.49 bits per heavy atom. The first-order valence-electron chi connectivity index (χ1n) is 19.0. The highest BCUT2D eigenvalue weighted by Crippen LogP contribution is 2.41. The highest BCUT2D eigenvalue weighted by molar-refractivity contribution is 5.99. The highest BCUT2D eigenvalue weighted by atomic mass is 19.4. The summed E-state index contributed by atoms with van der Waals surface area (Å²) in [5.41, 5.74) is 2.36. The maximum atomic E-state index is 14.9. The summed E-state index contributed by atoms with van der Waals surface area (Å²) in [5.74, 6) is -4.43. The molecule has 2 unspecified atom stereocenters. The summed E-state index contributed by atoms with van der Waals surface area (Å²) in [6.07, 6.45) is -4.05. The first kappa shape index (κ1) is 41.2. The number of Topliss-reactive ketones (excluding diaryl/α,β-unsaturated/α-hetero) is 2. The van der Waals surface area contributed by atoms with Gasteiger partial charge in [-0.3, -0.25) is 29.6 Å². The number of amides is 2. The molecule has 0 aliphatic heterocycles. The van der Waals surface area contributed by atoms with Gasteiger partial charge in [0, 0.05) is 55.6 Å². The van der Waals surface area contributed by atoms with Gasteiger partial charge in [0.2, 0.25) is 11.8 Å². The molecule has 12 heteroatoms. The maximum absolute atomic E-state index is 14.9. The Kier molecular flexibility index (Phi) is 12.9. The van der Waals surface area contributed by atoms with Crippen LogP contribution in [-0.4, -0.2) is 41.0 Å². The summed E-state index contributed by atoms with van der Waals surface area (Å²) >= 11 is 0. The molecule has 2 amide bonds. The van der Waals surface area contributed by atoms with Crippen molar-refractivity contribution in [3.8, 4) is 0 Å². The van der Waals surface area contributed by atoms with Crippen LogP contribution in [0.4, 0.5) is 23.2 Å². The van der Waals surface area contributed by atoms with Crippen LogP contribution in [0.1, 0.15) is 82.2 Å². The number of hydrogen-bond acceptors (Lipinski definition) is 5. The summed E-state index contributed by atoms with van der Waals surface area (Å²) in [6.45, 7) is 7.51. The zero-order valence-corrected chi connectivity index (χ0v) is 32.0. The number of aryl methyl sites for hydroxylation is 1. The van der Waals surface area contributed by atoms with E-state index >= 15 is 0 Å². The van der Waals surface area contributed by atoms with Gasteiger partial charge in [0.1, 0.15) is 17.1 Å². The number of H-pyrrole nitrogens is 1. The third-order valence-electron chi connectivity index (χ3n) is 11.5. The second-order valence-corrected chi connectivity index (χ2v) is 15.0. The first-order chi connectivity index (χ1) is 26.1. The van der Waals surface area contributed by atoms with Crippen molar-refractivity contribution in [3.05, 3.63) is 101 Å². The third-order valence-corrected chi connectivity index (χ3v) is 11.5. The molecule has 0 fully saturated rings. The normalized spacial score (nSPS) is 17.8. The zero-order valence-electron chi connectivity index (χ0n) is 32.0. The van der Waals surface area contributed by atoms with E-state index in [0.29, 0.717) is 29.5 Å².